The minimum Gasteiger partial charge on any atom is -0.390 e. The molecule has 0 aromatic rings. The Morgan fingerprint density at radius 2 is 2.00 bits per heavy atom. The first-order valence-corrected chi connectivity index (χ1v) is 8.77. The summed E-state index contributed by atoms with van der Waals surface area (Å²) < 4.78 is 23.1. The topological polar surface area (TPSA) is 96.2 Å². The van der Waals surface area contributed by atoms with Gasteiger partial charge >= 0.3 is 7.60 Å². The summed E-state index contributed by atoms with van der Waals surface area (Å²) in [6.07, 6.45) is -0.933. The molecule has 6 atom stereocenters. The molecular formula is C13H26BO6P. The Balaban J connectivity index is 2.88. The van der Waals surface area contributed by atoms with Crippen LogP contribution < -0.4 is 0 Å². The molecule has 1 saturated heterocycles. The van der Waals surface area contributed by atoms with Crippen molar-refractivity contribution in [3.05, 3.63) is 0 Å². The molecule has 3 N–H and O–H groups in total. The Morgan fingerprint density at radius 3 is 2.38 bits per heavy atom. The number of rotatable bonds is 6. The van der Waals surface area contributed by atoms with Crippen molar-refractivity contribution in [3.63, 3.8) is 0 Å². The summed E-state index contributed by atoms with van der Waals surface area (Å²) in [6, 6.07) is -0.553. The van der Waals surface area contributed by atoms with E-state index in [1.807, 2.05) is 0 Å². The van der Waals surface area contributed by atoms with Crippen LogP contribution in [0.25, 0.3) is 0 Å². The third-order valence-corrected chi connectivity index (χ3v) is 6.66. The van der Waals surface area contributed by atoms with Gasteiger partial charge in [0.15, 0.2) is 5.34 Å². The van der Waals surface area contributed by atoms with Crippen molar-refractivity contribution in [1.29, 1.82) is 0 Å². The Hall–Kier alpha value is 0.0949. The molecule has 0 aliphatic carbocycles. The van der Waals surface area contributed by atoms with Crippen LogP contribution in [0, 0.1) is 5.92 Å². The lowest BCUT2D eigenvalue weighted by Crippen LogP contribution is -2.44. The van der Waals surface area contributed by atoms with E-state index in [4.69, 9.17) is 17.1 Å². The SMILES string of the molecule is [B]C1CC(O)C(C(C)C(C)(C)OP(=O)(O)C(C)(O)CC)O1. The van der Waals surface area contributed by atoms with Crippen LogP contribution in [-0.2, 0) is 13.8 Å². The van der Waals surface area contributed by atoms with Gasteiger partial charge in [-0.15, -0.1) is 0 Å². The number of hydrogen-bond donors (Lipinski definition) is 3. The van der Waals surface area contributed by atoms with E-state index in [0.717, 1.165) is 0 Å². The average molecular weight is 320 g/mol. The van der Waals surface area contributed by atoms with E-state index in [1.54, 1.807) is 27.7 Å². The average Bonchev–Trinajstić information content (AvgIpc) is 2.65. The van der Waals surface area contributed by atoms with Crippen molar-refractivity contribution >= 4 is 15.4 Å². The first-order chi connectivity index (χ1) is 9.34. The van der Waals surface area contributed by atoms with Gasteiger partial charge < -0.3 is 24.4 Å². The molecule has 1 aliphatic heterocycles. The molecule has 0 bridgehead atoms. The van der Waals surface area contributed by atoms with E-state index in [2.05, 4.69) is 0 Å². The maximum absolute atomic E-state index is 12.3. The van der Waals surface area contributed by atoms with E-state index >= 15 is 0 Å². The fraction of sp³-hybridized carbons (Fsp3) is 1.00. The lowest BCUT2D eigenvalue weighted by atomic mass is 9.85. The van der Waals surface area contributed by atoms with Crippen molar-refractivity contribution in [3.8, 4) is 0 Å². The molecule has 6 unspecified atom stereocenters. The molecule has 1 heterocycles. The Morgan fingerprint density at radius 1 is 1.48 bits per heavy atom. The van der Waals surface area contributed by atoms with Crippen molar-refractivity contribution in [2.45, 2.75) is 76.6 Å². The highest BCUT2D eigenvalue weighted by atomic mass is 31.2. The van der Waals surface area contributed by atoms with Gasteiger partial charge in [0.1, 0.15) is 7.85 Å². The van der Waals surface area contributed by atoms with Crippen LogP contribution >= 0.6 is 7.60 Å². The molecule has 1 rings (SSSR count). The lowest BCUT2D eigenvalue weighted by Gasteiger charge is -2.40. The van der Waals surface area contributed by atoms with Gasteiger partial charge in [0.25, 0.3) is 0 Å². The largest absolute Gasteiger partial charge is 0.390 e. The van der Waals surface area contributed by atoms with Crippen molar-refractivity contribution < 1.29 is 28.9 Å². The van der Waals surface area contributed by atoms with Crippen LogP contribution in [0.1, 0.15) is 47.5 Å². The highest BCUT2D eigenvalue weighted by molar-refractivity contribution is 7.54. The standard InChI is InChI=1S/C13H26BO6P/c1-6-13(5,16)21(17,18)20-12(3,4)8(2)11-9(15)7-10(14)19-11/h8-11,15-16H,6-7H2,1-5H3,(H,17,18). The second-order valence-electron chi connectivity index (χ2n) is 6.52. The molecule has 21 heavy (non-hydrogen) atoms. The molecule has 2 radical (unpaired) electrons. The van der Waals surface area contributed by atoms with Gasteiger partial charge in [0, 0.05) is 11.9 Å². The van der Waals surface area contributed by atoms with Crippen LogP contribution in [0.15, 0.2) is 0 Å². The first kappa shape index (κ1) is 19.1. The number of aliphatic hydroxyl groups excluding tert-OH is 1. The second-order valence-corrected chi connectivity index (χ2v) is 8.70. The fourth-order valence-corrected chi connectivity index (χ4v) is 3.67. The van der Waals surface area contributed by atoms with Gasteiger partial charge in [-0.2, -0.15) is 0 Å². The van der Waals surface area contributed by atoms with Crippen molar-refractivity contribution in [1.82, 2.24) is 0 Å². The molecule has 122 valence electrons. The van der Waals surface area contributed by atoms with E-state index < -0.39 is 42.7 Å². The summed E-state index contributed by atoms with van der Waals surface area (Å²) in [7, 11) is 1.39. The van der Waals surface area contributed by atoms with Crippen LogP contribution in [0.5, 0.6) is 0 Å². The normalized spacial score (nSPS) is 34.2. The predicted molar refractivity (Wildman–Crippen MR) is 80.1 cm³/mol. The minimum atomic E-state index is -4.26. The first-order valence-electron chi connectivity index (χ1n) is 7.19. The van der Waals surface area contributed by atoms with Gasteiger partial charge in [-0.3, -0.25) is 4.57 Å². The quantitative estimate of drug-likeness (QED) is 0.505. The number of ether oxygens (including phenoxy) is 1. The van der Waals surface area contributed by atoms with Gasteiger partial charge in [-0.1, -0.05) is 13.8 Å². The summed E-state index contributed by atoms with van der Waals surface area (Å²) in [4.78, 5) is 10.0. The molecule has 0 amide bonds. The zero-order valence-corrected chi connectivity index (χ0v) is 14.2. The molecule has 0 spiro atoms. The van der Waals surface area contributed by atoms with Gasteiger partial charge in [0.05, 0.1) is 17.8 Å². The highest BCUT2D eigenvalue weighted by Gasteiger charge is 2.49. The smallest absolute Gasteiger partial charge is 0.359 e. The molecule has 6 nitrogen and oxygen atoms in total. The molecule has 0 aromatic carbocycles. The molecular weight excluding hydrogens is 294 g/mol. The van der Waals surface area contributed by atoms with E-state index in [0.29, 0.717) is 6.42 Å². The van der Waals surface area contributed by atoms with E-state index in [1.165, 1.54) is 6.92 Å². The third-order valence-electron chi connectivity index (χ3n) is 4.41. The summed E-state index contributed by atoms with van der Waals surface area (Å²) >= 11 is 0. The van der Waals surface area contributed by atoms with Gasteiger partial charge in [0.2, 0.25) is 0 Å². The van der Waals surface area contributed by atoms with Gasteiger partial charge in [-0.05, 0) is 33.6 Å². The molecule has 0 saturated carbocycles. The molecule has 1 aliphatic rings. The zero-order valence-electron chi connectivity index (χ0n) is 13.3. The Labute approximate surface area is 127 Å². The number of hydrogen-bond acceptors (Lipinski definition) is 5. The van der Waals surface area contributed by atoms with E-state index in [9.17, 15) is 19.7 Å². The Bertz CT molecular complexity index is 413. The molecule has 8 heteroatoms. The van der Waals surface area contributed by atoms with Crippen molar-refractivity contribution in [2.24, 2.45) is 5.92 Å². The second kappa shape index (κ2) is 6.30. The fourth-order valence-electron chi connectivity index (χ4n) is 2.27. The summed E-state index contributed by atoms with van der Waals surface area (Å²) in [5.41, 5.74) is -1.08. The Kier molecular flexibility index (Phi) is 5.75. The van der Waals surface area contributed by atoms with Crippen LogP contribution in [0.3, 0.4) is 0 Å². The maximum Gasteiger partial charge on any atom is 0.359 e. The van der Waals surface area contributed by atoms with Crippen LogP contribution in [0.2, 0.25) is 0 Å². The van der Waals surface area contributed by atoms with Crippen LogP contribution in [-0.4, -0.2) is 52.1 Å². The minimum absolute atomic E-state index is 0.0820. The molecule has 0 aromatic heterocycles. The predicted octanol–water partition coefficient (Wildman–Crippen LogP) is 1.37. The number of aliphatic hydroxyl groups is 2. The zero-order chi connectivity index (χ0) is 16.6. The summed E-state index contributed by atoms with van der Waals surface area (Å²) in [5.74, 6) is -0.394. The van der Waals surface area contributed by atoms with Gasteiger partial charge in [-0.25, -0.2) is 0 Å². The van der Waals surface area contributed by atoms with Crippen molar-refractivity contribution in [2.75, 3.05) is 0 Å². The van der Waals surface area contributed by atoms with Crippen LogP contribution in [0.4, 0.5) is 0 Å². The third kappa shape index (κ3) is 4.09. The summed E-state index contributed by atoms with van der Waals surface area (Å²) in [5, 5.41) is 18.1. The highest BCUT2D eigenvalue weighted by Crippen LogP contribution is 2.59. The summed E-state index contributed by atoms with van der Waals surface area (Å²) in [6.45, 7) is 7.89. The molecule has 1 fully saturated rings. The lowest BCUT2D eigenvalue weighted by molar-refractivity contribution is -0.0771. The van der Waals surface area contributed by atoms with E-state index in [-0.39, 0.29) is 6.42 Å². The maximum atomic E-state index is 12.3. The monoisotopic (exact) mass is 320 g/mol.